The summed E-state index contributed by atoms with van der Waals surface area (Å²) in [5, 5.41) is 2.93. The lowest BCUT2D eigenvalue weighted by Crippen LogP contribution is -2.09. The first-order chi connectivity index (χ1) is 8.51. The maximum Gasteiger partial charge on any atom is 0.389 e. The Bertz CT molecular complexity index is 358. The van der Waals surface area contributed by atoms with Gasteiger partial charge in [0.15, 0.2) is 0 Å². The van der Waals surface area contributed by atoms with E-state index >= 15 is 0 Å². The molecule has 1 heterocycles. The number of nitrogens with one attached hydrogen (secondary N) is 1. The third kappa shape index (κ3) is 6.27. The molecule has 1 rings (SSSR count). The molecule has 102 valence electrons. The highest BCUT2D eigenvalue weighted by molar-refractivity contribution is 5.36. The van der Waals surface area contributed by atoms with Crippen LogP contribution in [0.25, 0.3) is 0 Å². The summed E-state index contributed by atoms with van der Waals surface area (Å²) in [5.41, 5.74) is 0. The van der Waals surface area contributed by atoms with Gasteiger partial charge in [-0.05, 0) is 19.8 Å². The zero-order chi connectivity index (χ0) is 13.4. The molecule has 0 aliphatic carbocycles. The van der Waals surface area contributed by atoms with E-state index < -0.39 is 12.6 Å². The van der Waals surface area contributed by atoms with Gasteiger partial charge in [-0.25, -0.2) is 9.97 Å². The van der Waals surface area contributed by atoms with Crippen molar-refractivity contribution in [2.75, 3.05) is 18.5 Å². The maximum absolute atomic E-state index is 11.9. The maximum atomic E-state index is 11.9. The van der Waals surface area contributed by atoms with E-state index in [9.17, 15) is 13.2 Å². The molecule has 0 saturated heterocycles. The van der Waals surface area contributed by atoms with Gasteiger partial charge in [-0.3, -0.25) is 0 Å². The van der Waals surface area contributed by atoms with E-state index in [2.05, 4.69) is 15.3 Å². The Labute approximate surface area is 104 Å². The summed E-state index contributed by atoms with van der Waals surface area (Å²) in [6.07, 6.45) is -2.92. The first-order valence-corrected chi connectivity index (χ1v) is 5.76. The molecule has 18 heavy (non-hydrogen) atoms. The summed E-state index contributed by atoms with van der Waals surface area (Å²) in [7, 11) is 0. The predicted molar refractivity (Wildman–Crippen MR) is 61.6 cm³/mol. The molecule has 0 bridgehead atoms. The van der Waals surface area contributed by atoms with Gasteiger partial charge in [0.25, 0.3) is 0 Å². The van der Waals surface area contributed by atoms with E-state index in [4.69, 9.17) is 4.74 Å². The number of alkyl halides is 3. The van der Waals surface area contributed by atoms with Gasteiger partial charge in [-0.15, -0.1) is 0 Å². The van der Waals surface area contributed by atoms with Gasteiger partial charge >= 0.3 is 6.18 Å². The van der Waals surface area contributed by atoms with E-state index in [1.54, 1.807) is 6.07 Å². The van der Waals surface area contributed by atoms with Crippen molar-refractivity contribution in [3.63, 3.8) is 0 Å². The topological polar surface area (TPSA) is 47.0 Å². The van der Waals surface area contributed by atoms with Crippen LogP contribution in [0.3, 0.4) is 0 Å². The van der Waals surface area contributed by atoms with Crippen LogP contribution in [0.5, 0.6) is 5.88 Å². The third-order valence-electron chi connectivity index (χ3n) is 2.13. The van der Waals surface area contributed by atoms with Gasteiger partial charge in [-0.2, -0.15) is 13.2 Å². The van der Waals surface area contributed by atoms with Crippen LogP contribution in [0.1, 0.15) is 26.2 Å². The number of ether oxygens (including phenoxy) is 1. The van der Waals surface area contributed by atoms with Crippen LogP contribution in [-0.2, 0) is 0 Å². The Kier molecular flexibility index (Phi) is 5.67. The molecule has 0 saturated carbocycles. The lowest BCUT2D eigenvalue weighted by Gasteiger charge is -2.08. The summed E-state index contributed by atoms with van der Waals surface area (Å²) in [6, 6.07) is 1.62. The molecule has 0 aliphatic heterocycles. The van der Waals surface area contributed by atoms with Crippen molar-refractivity contribution in [2.45, 2.75) is 32.4 Å². The quantitative estimate of drug-likeness (QED) is 0.768. The average Bonchev–Trinajstić information content (AvgIpc) is 2.28. The van der Waals surface area contributed by atoms with Gasteiger partial charge < -0.3 is 10.1 Å². The second-order valence-electron chi connectivity index (χ2n) is 3.67. The van der Waals surface area contributed by atoms with Crippen molar-refractivity contribution in [1.29, 1.82) is 0 Å². The lowest BCUT2D eigenvalue weighted by atomic mass is 10.2. The SMILES string of the molecule is CCOc1cc(NCCCCC(F)(F)F)ncn1. The molecule has 0 unspecified atom stereocenters. The summed E-state index contributed by atoms with van der Waals surface area (Å²) < 4.78 is 40.8. The molecule has 0 spiro atoms. The number of unbranched alkanes of at least 4 members (excludes halogenated alkanes) is 1. The Morgan fingerprint density at radius 3 is 2.72 bits per heavy atom. The van der Waals surface area contributed by atoms with Crippen LogP contribution in [0.2, 0.25) is 0 Å². The van der Waals surface area contributed by atoms with E-state index in [1.807, 2.05) is 6.92 Å². The third-order valence-corrected chi connectivity index (χ3v) is 2.13. The zero-order valence-electron chi connectivity index (χ0n) is 10.1. The molecule has 0 fully saturated rings. The van der Waals surface area contributed by atoms with E-state index in [0.717, 1.165) is 0 Å². The lowest BCUT2D eigenvalue weighted by molar-refractivity contribution is -0.135. The molecule has 0 aromatic carbocycles. The summed E-state index contributed by atoms with van der Waals surface area (Å²) in [4.78, 5) is 7.83. The molecule has 7 heteroatoms. The Morgan fingerprint density at radius 2 is 2.06 bits per heavy atom. The van der Waals surface area contributed by atoms with Crippen molar-refractivity contribution < 1.29 is 17.9 Å². The number of anilines is 1. The van der Waals surface area contributed by atoms with Crippen LogP contribution < -0.4 is 10.1 Å². The standard InChI is InChI=1S/C11H16F3N3O/c1-2-18-10-7-9(16-8-17-10)15-6-4-3-5-11(12,13)14/h7-8H,2-6H2,1H3,(H,15,16,17). The predicted octanol–water partition coefficient (Wildman–Crippen LogP) is 3.02. The fourth-order valence-corrected chi connectivity index (χ4v) is 1.33. The van der Waals surface area contributed by atoms with Crippen LogP contribution in [-0.4, -0.2) is 29.3 Å². The molecule has 0 atom stereocenters. The summed E-state index contributed by atoms with van der Waals surface area (Å²) in [5.74, 6) is 1.01. The van der Waals surface area contributed by atoms with E-state index in [1.165, 1.54) is 6.33 Å². The molecule has 1 N–H and O–H groups in total. The number of rotatable bonds is 7. The van der Waals surface area contributed by atoms with Gasteiger partial charge in [0.2, 0.25) is 5.88 Å². The van der Waals surface area contributed by atoms with Gasteiger partial charge in [-0.1, -0.05) is 0 Å². The highest BCUT2D eigenvalue weighted by Crippen LogP contribution is 2.22. The number of hydrogen-bond donors (Lipinski definition) is 1. The minimum atomic E-state index is -4.07. The van der Waals surface area contributed by atoms with Gasteiger partial charge in [0.1, 0.15) is 12.1 Å². The number of aromatic nitrogens is 2. The minimum absolute atomic E-state index is 0.111. The van der Waals surface area contributed by atoms with Crippen LogP contribution >= 0.6 is 0 Å². The minimum Gasteiger partial charge on any atom is -0.478 e. The molecule has 1 aromatic heterocycles. The van der Waals surface area contributed by atoms with Crippen molar-refractivity contribution in [3.05, 3.63) is 12.4 Å². The van der Waals surface area contributed by atoms with Gasteiger partial charge in [0, 0.05) is 19.0 Å². The molecule has 4 nitrogen and oxygen atoms in total. The second kappa shape index (κ2) is 7.03. The normalized spacial score (nSPS) is 11.3. The van der Waals surface area contributed by atoms with Crippen LogP contribution in [0, 0.1) is 0 Å². The summed E-state index contributed by atoms with van der Waals surface area (Å²) >= 11 is 0. The van der Waals surface area contributed by atoms with Crippen molar-refractivity contribution in [1.82, 2.24) is 9.97 Å². The van der Waals surface area contributed by atoms with Crippen molar-refractivity contribution in [3.8, 4) is 5.88 Å². The first-order valence-electron chi connectivity index (χ1n) is 5.76. The second-order valence-corrected chi connectivity index (χ2v) is 3.67. The monoisotopic (exact) mass is 263 g/mol. The highest BCUT2D eigenvalue weighted by atomic mass is 19.4. The van der Waals surface area contributed by atoms with Crippen LogP contribution in [0.4, 0.5) is 19.0 Å². The Morgan fingerprint density at radius 1 is 1.28 bits per heavy atom. The van der Waals surface area contributed by atoms with Crippen molar-refractivity contribution >= 4 is 5.82 Å². The number of halogens is 3. The Hall–Kier alpha value is -1.53. The smallest absolute Gasteiger partial charge is 0.389 e. The Balaban J connectivity index is 2.24. The highest BCUT2D eigenvalue weighted by Gasteiger charge is 2.25. The zero-order valence-corrected chi connectivity index (χ0v) is 10.1. The molecular formula is C11H16F3N3O. The van der Waals surface area contributed by atoms with Crippen LogP contribution in [0.15, 0.2) is 12.4 Å². The fraction of sp³-hybridized carbons (Fsp3) is 0.636. The molecule has 0 amide bonds. The number of hydrogen-bond acceptors (Lipinski definition) is 4. The summed E-state index contributed by atoms with van der Waals surface area (Å²) in [6.45, 7) is 2.78. The van der Waals surface area contributed by atoms with Crippen molar-refractivity contribution in [2.24, 2.45) is 0 Å². The number of nitrogens with zero attached hydrogens (tertiary/aromatic N) is 2. The molecule has 0 radical (unpaired) electrons. The molecule has 0 aliphatic rings. The molecular weight excluding hydrogens is 247 g/mol. The first kappa shape index (κ1) is 14.5. The largest absolute Gasteiger partial charge is 0.478 e. The van der Waals surface area contributed by atoms with E-state index in [-0.39, 0.29) is 6.42 Å². The average molecular weight is 263 g/mol. The van der Waals surface area contributed by atoms with E-state index in [0.29, 0.717) is 31.3 Å². The van der Waals surface area contributed by atoms with Gasteiger partial charge in [0.05, 0.1) is 6.61 Å². The molecule has 1 aromatic rings. The fourth-order valence-electron chi connectivity index (χ4n) is 1.33.